The largest absolute Gasteiger partial charge is 0.395 e. The molecule has 0 aliphatic heterocycles. The van der Waals surface area contributed by atoms with E-state index < -0.39 is 0 Å². The quantitative estimate of drug-likeness (QED) is 0.810. The highest BCUT2D eigenvalue weighted by atomic mass is 16.3. The maximum atomic E-state index is 9.39. The molecule has 0 saturated heterocycles. The molecule has 1 N–H and O–H groups in total. The van der Waals surface area contributed by atoms with Gasteiger partial charge in [0.25, 0.3) is 0 Å². The number of aryl methyl sites for hydroxylation is 1. The highest BCUT2D eigenvalue weighted by molar-refractivity contribution is 5.81. The first-order chi connectivity index (χ1) is 7.06. The molecule has 2 aromatic heterocycles. The van der Waals surface area contributed by atoms with E-state index in [4.69, 9.17) is 0 Å². The van der Waals surface area contributed by atoms with Gasteiger partial charge in [0.2, 0.25) is 0 Å². The lowest BCUT2D eigenvalue weighted by atomic mass is 9.86. The summed E-state index contributed by atoms with van der Waals surface area (Å²) in [6.45, 7) is 4.21. The molecule has 0 radical (unpaired) electrons. The Hall–Kier alpha value is -1.35. The summed E-state index contributed by atoms with van der Waals surface area (Å²) in [6.07, 6.45) is 3.84. The summed E-state index contributed by atoms with van der Waals surface area (Å²) in [5.41, 5.74) is 1.90. The van der Waals surface area contributed by atoms with Gasteiger partial charge in [-0.15, -0.1) is 0 Å². The van der Waals surface area contributed by atoms with Crippen LogP contribution in [-0.2, 0) is 12.5 Å². The molecule has 0 aromatic carbocycles. The van der Waals surface area contributed by atoms with Crippen molar-refractivity contribution in [3.8, 4) is 0 Å². The number of fused-ring (bicyclic) bond motifs is 1. The highest BCUT2D eigenvalue weighted by Gasteiger charge is 2.23. The van der Waals surface area contributed by atoms with Crippen molar-refractivity contribution in [3.05, 3.63) is 30.1 Å². The van der Waals surface area contributed by atoms with E-state index in [2.05, 4.69) is 11.1 Å². The maximum Gasteiger partial charge on any atom is 0.139 e. The molecule has 0 aliphatic rings. The van der Waals surface area contributed by atoms with Crippen molar-refractivity contribution in [2.45, 2.75) is 19.3 Å². The molecule has 3 nitrogen and oxygen atoms in total. The zero-order valence-corrected chi connectivity index (χ0v) is 9.36. The van der Waals surface area contributed by atoms with E-state index in [1.165, 1.54) is 0 Å². The summed E-state index contributed by atoms with van der Waals surface area (Å²) in [6, 6.07) is 3.98. The number of rotatable bonds is 2. The normalized spacial score (nSPS) is 12.3. The second-order valence-corrected chi connectivity index (χ2v) is 4.57. The zero-order valence-electron chi connectivity index (χ0n) is 9.36. The minimum atomic E-state index is -0.220. The van der Waals surface area contributed by atoms with Crippen LogP contribution in [0.5, 0.6) is 0 Å². The van der Waals surface area contributed by atoms with Gasteiger partial charge in [0.1, 0.15) is 5.65 Å². The summed E-state index contributed by atoms with van der Waals surface area (Å²) in [5, 5.41) is 10.5. The molecule has 15 heavy (non-hydrogen) atoms. The molecule has 3 heteroatoms. The van der Waals surface area contributed by atoms with Crippen molar-refractivity contribution in [3.63, 3.8) is 0 Å². The van der Waals surface area contributed by atoms with Crippen LogP contribution >= 0.6 is 0 Å². The van der Waals surface area contributed by atoms with Crippen molar-refractivity contribution < 1.29 is 5.11 Å². The van der Waals surface area contributed by atoms with Crippen molar-refractivity contribution in [1.82, 2.24) is 9.55 Å². The van der Waals surface area contributed by atoms with Crippen LogP contribution < -0.4 is 0 Å². The standard InChI is InChI=1S/C12H16N2O/c1-12(2,8-15)10-7-14(3)11-9(10)5-4-6-13-11/h4-7,15H,8H2,1-3H3. The summed E-state index contributed by atoms with van der Waals surface area (Å²) in [7, 11) is 1.98. The van der Waals surface area contributed by atoms with Gasteiger partial charge in [0.05, 0.1) is 6.61 Å². The van der Waals surface area contributed by atoms with Crippen LogP contribution in [0.4, 0.5) is 0 Å². The Kier molecular flexibility index (Phi) is 2.27. The van der Waals surface area contributed by atoms with Crippen LogP contribution in [0.25, 0.3) is 11.0 Å². The monoisotopic (exact) mass is 204 g/mol. The summed E-state index contributed by atoms with van der Waals surface area (Å²) in [5.74, 6) is 0. The Bertz CT molecular complexity index is 485. The average Bonchev–Trinajstić information content (AvgIpc) is 2.58. The molecule has 0 atom stereocenters. The Morgan fingerprint density at radius 2 is 2.20 bits per heavy atom. The van der Waals surface area contributed by atoms with E-state index in [9.17, 15) is 5.11 Å². The summed E-state index contributed by atoms with van der Waals surface area (Å²) >= 11 is 0. The average molecular weight is 204 g/mol. The summed E-state index contributed by atoms with van der Waals surface area (Å²) < 4.78 is 2.00. The van der Waals surface area contributed by atoms with Gasteiger partial charge in [-0.1, -0.05) is 13.8 Å². The Balaban J connectivity index is 2.72. The molecule has 2 heterocycles. The number of nitrogens with zero attached hydrogens (tertiary/aromatic N) is 2. The van der Waals surface area contributed by atoms with Crippen LogP contribution in [0.2, 0.25) is 0 Å². The third-order valence-electron chi connectivity index (χ3n) is 2.86. The molecule has 0 saturated carbocycles. The van der Waals surface area contributed by atoms with Gasteiger partial charge in [0, 0.05) is 30.2 Å². The number of hydrogen-bond acceptors (Lipinski definition) is 2. The van der Waals surface area contributed by atoms with Gasteiger partial charge in [0.15, 0.2) is 0 Å². The lowest BCUT2D eigenvalue weighted by Crippen LogP contribution is -2.21. The minimum absolute atomic E-state index is 0.140. The van der Waals surface area contributed by atoms with Gasteiger partial charge in [-0.3, -0.25) is 0 Å². The van der Waals surface area contributed by atoms with Crippen LogP contribution in [0.1, 0.15) is 19.4 Å². The van der Waals surface area contributed by atoms with Crippen molar-refractivity contribution in [2.24, 2.45) is 7.05 Å². The first-order valence-corrected chi connectivity index (χ1v) is 5.07. The predicted molar refractivity (Wildman–Crippen MR) is 60.8 cm³/mol. The number of pyridine rings is 1. The molecule has 0 spiro atoms. The molecule has 0 aliphatic carbocycles. The fourth-order valence-corrected chi connectivity index (χ4v) is 1.84. The van der Waals surface area contributed by atoms with Crippen LogP contribution in [0.3, 0.4) is 0 Å². The summed E-state index contributed by atoms with van der Waals surface area (Å²) in [4.78, 5) is 4.33. The molecule has 2 rings (SSSR count). The van der Waals surface area contributed by atoms with Gasteiger partial charge in [-0.05, 0) is 17.7 Å². The predicted octanol–water partition coefficient (Wildman–Crippen LogP) is 1.84. The molecule has 0 unspecified atom stereocenters. The first-order valence-electron chi connectivity index (χ1n) is 5.07. The third-order valence-corrected chi connectivity index (χ3v) is 2.86. The third kappa shape index (κ3) is 1.53. The second kappa shape index (κ2) is 3.35. The maximum absolute atomic E-state index is 9.39. The molecular formula is C12H16N2O. The van der Waals surface area contributed by atoms with E-state index in [1.807, 2.05) is 37.7 Å². The van der Waals surface area contributed by atoms with Crippen molar-refractivity contribution in [1.29, 1.82) is 0 Å². The second-order valence-electron chi connectivity index (χ2n) is 4.57. The van der Waals surface area contributed by atoms with Crippen molar-refractivity contribution >= 4 is 11.0 Å². The first kappa shape index (κ1) is 10.2. The molecule has 0 bridgehead atoms. The topological polar surface area (TPSA) is 38.0 Å². The van der Waals surface area contributed by atoms with Gasteiger partial charge in [-0.2, -0.15) is 0 Å². The Morgan fingerprint density at radius 3 is 2.87 bits per heavy atom. The fourth-order valence-electron chi connectivity index (χ4n) is 1.84. The van der Waals surface area contributed by atoms with E-state index in [-0.39, 0.29) is 12.0 Å². The Labute approximate surface area is 89.4 Å². The van der Waals surface area contributed by atoms with E-state index >= 15 is 0 Å². The van der Waals surface area contributed by atoms with Crippen molar-refractivity contribution in [2.75, 3.05) is 6.61 Å². The van der Waals surface area contributed by atoms with Gasteiger partial charge in [-0.25, -0.2) is 4.98 Å². The number of hydrogen-bond donors (Lipinski definition) is 1. The Morgan fingerprint density at radius 1 is 1.47 bits per heavy atom. The number of aliphatic hydroxyl groups is 1. The van der Waals surface area contributed by atoms with Gasteiger partial charge >= 0.3 is 0 Å². The van der Waals surface area contributed by atoms with E-state index in [0.717, 1.165) is 16.6 Å². The minimum Gasteiger partial charge on any atom is -0.395 e. The van der Waals surface area contributed by atoms with Crippen LogP contribution in [-0.4, -0.2) is 21.3 Å². The van der Waals surface area contributed by atoms with E-state index in [0.29, 0.717) is 0 Å². The lowest BCUT2D eigenvalue weighted by molar-refractivity contribution is 0.219. The molecular weight excluding hydrogens is 188 g/mol. The van der Waals surface area contributed by atoms with Gasteiger partial charge < -0.3 is 9.67 Å². The number of aromatic nitrogens is 2. The molecule has 2 aromatic rings. The number of aliphatic hydroxyl groups excluding tert-OH is 1. The van der Waals surface area contributed by atoms with Crippen LogP contribution in [0, 0.1) is 0 Å². The SMILES string of the molecule is Cn1cc(C(C)(C)CO)c2cccnc21. The smallest absolute Gasteiger partial charge is 0.139 e. The zero-order chi connectivity index (χ0) is 11.1. The highest BCUT2D eigenvalue weighted by Crippen LogP contribution is 2.30. The fraction of sp³-hybridized carbons (Fsp3) is 0.417. The molecule has 80 valence electrons. The lowest BCUT2D eigenvalue weighted by Gasteiger charge is -2.20. The van der Waals surface area contributed by atoms with E-state index in [1.54, 1.807) is 6.20 Å². The molecule has 0 amide bonds. The van der Waals surface area contributed by atoms with Crippen LogP contribution in [0.15, 0.2) is 24.5 Å². The molecule has 0 fully saturated rings.